The lowest BCUT2D eigenvalue weighted by molar-refractivity contribution is -0.114. The molecule has 0 aliphatic carbocycles. The summed E-state index contributed by atoms with van der Waals surface area (Å²) in [6.45, 7) is 5.87. The molecule has 0 saturated heterocycles. The van der Waals surface area contributed by atoms with Gasteiger partial charge in [0, 0.05) is 18.2 Å². The highest BCUT2D eigenvalue weighted by Gasteiger charge is 2.11. The number of aromatic nitrogens is 1. The number of amides is 1. The average Bonchev–Trinajstić information content (AvgIpc) is 2.97. The fourth-order valence-corrected chi connectivity index (χ4v) is 2.54. The SMILES string of the molecule is CC[C@H](C)c1ccc2oc(-c3cccc(NC(C)=O)c3)nc2c1. The summed E-state index contributed by atoms with van der Waals surface area (Å²) < 4.78 is 5.86. The highest BCUT2D eigenvalue weighted by atomic mass is 16.3. The molecule has 0 spiro atoms. The van der Waals surface area contributed by atoms with Crippen LogP contribution in [0.25, 0.3) is 22.6 Å². The predicted octanol–water partition coefficient (Wildman–Crippen LogP) is 4.97. The molecule has 3 rings (SSSR count). The summed E-state index contributed by atoms with van der Waals surface area (Å²) in [5.74, 6) is 0.967. The van der Waals surface area contributed by atoms with Crippen LogP contribution in [0.15, 0.2) is 46.9 Å². The molecule has 118 valence electrons. The van der Waals surface area contributed by atoms with Crippen molar-refractivity contribution in [3.8, 4) is 11.5 Å². The van der Waals surface area contributed by atoms with Crippen molar-refractivity contribution < 1.29 is 9.21 Å². The summed E-state index contributed by atoms with van der Waals surface area (Å²) in [4.78, 5) is 15.8. The molecule has 3 aromatic rings. The Morgan fingerprint density at radius 2 is 2.09 bits per heavy atom. The van der Waals surface area contributed by atoms with Gasteiger partial charge in [0.1, 0.15) is 5.52 Å². The van der Waals surface area contributed by atoms with Gasteiger partial charge in [-0.25, -0.2) is 4.98 Å². The van der Waals surface area contributed by atoms with Gasteiger partial charge in [-0.05, 0) is 48.2 Å². The van der Waals surface area contributed by atoms with Crippen LogP contribution in [0.3, 0.4) is 0 Å². The number of carbonyl (C=O) groups is 1. The van der Waals surface area contributed by atoms with Gasteiger partial charge in [0.05, 0.1) is 0 Å². The molecule has 1 heterocycles. The van der Waals surface area contributed by atoms with Crippen LogP contribution in [0.2, 0.25) is 0 Å². The van der Waals surface area contributed by atoms with Gasteiger partial charge in [0.2, 0.25) is 11.8 Å². The van der Waals surface area contributed by atoms with Crippen molar-refractivity contribution >= 4 is 22.7 Å². The first-order valence-corrected chi connectivity index (χ1v) is 7.85. The number of fused-ring (bicyclic) bond motifs is 1. The van der Waals surface area contributed by atoms with Crippen molar-refractivity contribution in [2.75, 3.05) is 5.32 Å². The monoisotopic (exact) mass is 308 g/mol. The molecule has 1 atom stereocenters. The first-order valence-electron chi connectivity index (χ1n) is 7.85. The highest BCUT2D eigenvalue weighted by molar-refractivity contribution is 5.89. The van der Waals surface area contributed by atoms with Crippen LogP contribution in [-0.2, 0) is 4.79 Å². The average molecular weight is 308 g/mol. The summed E-state index contributed by atoms with van der Waals surface area (Å²) >= 11 is 0. The van der Waals surface area contributed by atoms with Crippen molar-refractivity contribution in [2.45, 2.75) is 33.1 Å². The maximum atomic E-state index is 11.2. The molecule has 0 aliphatic heterocycles. The van der Waals surface area contributed by atoms with Crippen LogP contribution >= 0.6 is 0 Å². The molecular weight excluding hydrogens is 288 g/mol. The van der Waals surface area contributed by atoms with Gasteiger partial charge in [-0.2, -0.15) is 0 Å². The summed E-state index contributed by atoms with van der Waals surface area (Å²) in [6.07, 6.45) is 1.09. The second-order valence-corrected chi connectivity index (χ2v) is 5.82. The molecule has 4 heteroatoms. The number of carbonyl (C=O) groups excluding carboxylic acids is 1. The Balaban J connectivity index is 1.98. The van der Waals surface area contributed by atoms with Crippen LogP contribution in [0, 0.1) is 0 Å². The largest absolute Gasteiger partial charge is 0.436 e. The zero-order valence-electron chi connectivity index (χ0n) is 13.6. The summed E-state index contributed by atoms with van der Waals surface area (Å²) in [7, 11) is 0. The normalized spacial score (nSPS) is 12.3. The third-order valence-corrected chi connectivity index (χ3v) is 4.02. The van der Waals surface area contributed by atoms with Gasteiger partial charge < -0.3 is 9.73 Å². The molecule has 0 unspecified atom stereocenters. The maximum absolute atomic E-state index is 11.2. The fraction of sp³-hybridized carbons (Fsp3) is 0.263. The first-order chi connectivity index (χ1) is 11.1. The minimum atomic E-state index is -0.0992. The van der Waals surface area contributed by atoms with E-state index in [9.17, 15) is 4.79 Å². The highest BCUT2D eigenvalue weighted by Crippen LogP contribution is 2.29. The topological polar surface area (TPSA) is 55.1 Å². The third-order valence-electron chi connectivity index (χ3n) is 4.02. The lowest BCUT2D eigenvalue weighted by Gasteiger charge is -2.07. The number of rotatable bonds is 4. The van der Waals surface area contributed by atoms with Crippen molar-refractivity contribution in [3.05, 3.63) is 48.0 Å². The van der Waals surface area contributed by atoms with E-state index in [1.165, 1.54) is 12.5 Å². The van der Waals surface area contributed by atoms with Gasteiger partial charge in [0.25, 0.3) is 0 Å². The summed E-state index contributed by atoms with van der Waals surface area (Å²) in [5, 5.41) is 2.77. The van der Waals surface area contributed by atoms with E-state index in [4.69, 9.17) is 4.42 Å². The van der Waals surface area contributed by atoms with Crippen molar-refractivity contribution in [2.24, 2.45) is 0 Å². The first kappa shape index (κ1) is 15.3. The Labute approximate surface area is 135 Å². The minimum Gasteiger partial charge on any atom is -0.436 e. The zero-order valence-corrected chi connectivity index (χ0v) is 13.6. The van der Waals surface area contributed by atoms with Gasteiger partial charge >= 0.3 is 0 Å². The molecule has 1 N–H and O–H groups in total. The van der Waals surface area contributed by atoms with Crippen LogP contribution < -0.4 is 5.32 Å². The Morgan fingerprint density at radius 3 is 2.83 bits per heavy atom. The van der Waals surface area contributed by atoms with Crippen molar-refractivity contribution in [1.29, 1.82) is 0 Å². The Morgan fingerprint density at radius 1 is 1.26 bits per heavy atom. The molecule has 2 aromatic carbocycles. The van der Waals surface area contributed by atoms with E-state index >= 15 is 0 Å². The molecular formula is C19H20N2O2. The number of hydrogen-bond acceptors (Lipinski definition) is 3. The van der Waals surface area contributed by atoms with E-state index < -0.39 is 0 Å². The quantitative estimate of drug-likeness (QED) is 0.740. The van der Waals surface area contributed by atoms with Crippen LogP contribution in [0.4, 0.5) is 5.69 Å². The molecule has 23 heavy (non-hydrogen) atoms. The zero-order chi connectivity index (χ0) is 16.4. The van der Waals surface area contributed by atoms with E-state index in [2.05, 4.69) is 36.3 Å². The Kier molecular flexibility index (Phi) is 4.15. The van der Waals surface area contributed by atoms with E-state index in [1.807, 2.05) is 30.3 Å². The smallest absolute Gasteiger partial charge is 0.227 e. The third kappa shape index (κ3) is 3.26. The number of nitrogens with zero attached hydrogens (tertiary/aromatic N) is 1. The molecule has 0 fully saturated rings. The molecule has 1 aromatic heterocycles. The van der Waals surface area contributed by atoms with Crippen LogP contribution in [-0.4, -0.2) is 10.9 Å². The van der Waals surface area contributed by atoms with Gasteiger partial charge in [-0.1, -0.05) is 26.0 Å². The summed E-state index contributed by atoms with van der Waals surface area (Å²) in [6, 6.07) is 13.7. The number of benzene rings is 2. The lowest BCUT2D eigenvalue weighted by atomic mass is 9.98. The lowest BCUT2D eigenvalue weighted by Crippen LogP contribution is -2.05. The number of oxazole rings is 1. The number of anilines is 1. The van der Waals surface area contributed by atoms with Crippen LogP contribution in [0.5, 0.6) is 0 Å². The molecule has 4 nitrogen and oxygen atoms in total. The number of nitrogens with one attached hydrogen (secondary N) is 1. The Hall–Kier alpha value is -2.62. The molecule has 0 radical (unpaired) electrons. The fourth-order valence-electron chi connectivity index (χ4n) is 2.54. The summed E-state index contributed by atoms with van der Waals surface area (Å²) in [5.41, 5.74) is 4.49. The molecule has 0 bridgehead atoms. The maximum Gasteiger partial charge on any atom is 0.227 e. The van der Waals surface area contributed by atoms with Crippen LogP contribution in [0.1, 0.15) is 38.7 Å². The predicted molar refractivity (Wildman–Crippen MR) is 92.5 cm³/mol. The van der Waals surface area contributed by atoms with E-state index in [0.717, 1.165) is 28.8 Å². The molecule has 0 saturated carbocycles. The molecule has 1 amide bonds. The van der Waals surface area contributed by atoms with E-state index in [1.54, 1.807) is 0 Å². The second kappa shape index (κ2) is 6.24. The Bertz CT molecular complexity index is 851. The van der Waals surface area contributed by atoms with Gasteiger partial charge in [-0.3, -0.25) is 4.79 Å². The number of hydrogen-bond donors (Lipinski definition) is 1. The van der Waals surface area contributed by atoms with Gasteiger partial charge in [0.15, 0.2) is 5.58 Å². The van der Waals surface area contributed by atoms with E-state index in [0.29, 0.717) is 11.8 Å². The van der Waals surface area contributed by atoms with Gasteiger partial charge in [-0.15, -0.1) is 0 Å². The van der Waals surface area contributed by atoms with Crippen molar-refractivity contribution in [1.82, 2.24) is 4.98 Å². The molecule has 0 aliphatic rings. The van der Waals surface area contributed by atoms with Crippen molar-refractivity contribution in [3.63, 3.8) is 0 Å². The second-order valence-electron chi connectivity index (χ2n) is 5.82. The van der Waals surface area contributed by atoms with E-state index in [-0.39, 0.29) is 5.91 Å². The minimum absolute atomic E-state index is 0.0992. The standard InChI is InChI=1S/C19H20N2O2/c1-4-12(2)14-8-9-18-17(11-14)21-19(23-18)15-6-5-7-16(10-15)20-13(3)22/h5-12H,4H2,1-3H3,(H,20,22)/t12-/m0/s1.